The third kappa shape index (κ3) is 5.55. The van der Waals surface area contributed by atoms with Gasteiger partial charge in [0.15, 0.2) is 0 Å². The predicted octanol–water partition coefficient (Wildman–Crippen LogP) is 2.45. The summed E-state index contributed by atoms with van der Waals surface area (Å²) in [6.45, 7) is 11.8. The van der Waals surface area contributed by atoms with Crippen LogP contribution in [0.25, 0.3) is 0 Å². The molecule has 0 radical (unpaired) electrons. The first-order valence-electron chi connectivity index (χ1n) is 6.76. The zero-order valence-electron chi connectivity index (χ0n) is 11.2. The van der Waals surface area contributed by atoms with Gasteiger partial charge in [-0.05, 0) is 37.6 Å². The monoisotopic (exact) mass is 244 g/mol. The molecule has 1 aliphatic rings. The van der Waals surface area contributed by atoms with Crippen LogP contribution < -0.4 is 5.32 Å². The Morgan fingerprint density at radius 1 is 1.19 bits per heavy atom. The van der Waals surface area contributed by atoms with Crippen molar-refractivity contribution >= 4 is 11.8 Å². The summed E-state index contributed by atoms with van der Waals surface area (Å²) in [6, 6.07) is 0.748. The van der Waals surface area contributed by atoms with E-state index >= 15 is 0 Å². The van der Waals surface area contributed by atoms with E-state index in [2.05, 4.69) is 42.7 Å². The third-order valence-corrected chi connectivity index (χ3v) is 4.23. The fourth-order valence-electron chi connectivity index (χ4n) is 2.20. The van der Waals surface area contributed by atoms with Crippen molar-refractivity contribution in [3.05, 3.63) is 0 Å². The molecule has 0 saturated carbocycles. The molecule has 3 heteroatoms. The van der Waals surface area contributed by atoms with Gasteiger partial charge in [-0.25, -0.2) is 0 Å². The predicted molar refractivity (Wildman–Crippen MR) is 75.3 cm³/mol. The molecule has 96 valence electrons. The van der Waals surface area contributed by atoms with Crippen LogP contribution in [0.15, 0.2) is 0 Å². The summed E-state index contributed by atoms with van der Waals surface area (Å²) in [5.74, 6) is 3.43. The lowest BCUT2D eigenvalue weighted by molar-refractivity contribution is 0.199. The molecule has 0 aromatic heterocycles. The molecule has 1 atom stereocenters. The molecule has 1 fully saturated rings. The first kappa shape index (κ1) is 14.3. The second kappa shape index (κ2) is 8.37. The molecule has 1 rings (SSSR count). The van der Waals surface area contributed by atoms with Crippen LogP contribution in [-0.2, 0) is 0 Å². The quantitative estimate of drug-likeness (QED) is 0.772. The van der Waals surface area contributed by atoms with Gasteiger partial charge in [0.25, 0.3) is 0 Å². The Balaban J connectivity index is 2.27. The Morgan fingerprint density at radius 3 is 2.69 bits per heavy atom. The highest BCUT2D eigenvalue weighted by atomic mass is 32.2. The van der Waals surface area contributed by atoms with Gasteiger partial charge in [-0.3, -0.25) is 4.90 Å². The molecular formula is C13H28N2S. The van der Waals surface area contributed by atoms with Crippen LogP contribution >= 0.6 is 11.8 Å². The number of rotatable bonds is 6. The molecule has 0 aromatic rings. The average Bonchev–Trinajstić information content (AvgIpc) is 2.52. The number of hydrogen-bond acceptors (Lipinski definition) is 3. The van der Waals surface area contributed by atoms with Crippen LogP contribution in [0.2, 0.25) is 0 Å². The SMILES string of the molecule is CCC(CNCC(C)C)N1CCCSCC1. The molecule has 1 aliphatic heterocycles. The highest BCUT2D eigenvalue weighted by molar-refractivity contribution is 7.99. The van der Waals surface area contributed by atoms with E-state index in [-0.39, 0.29) is 0 Å². The van der Waals surface area contributed by atoms with Gasteiger partial charge in [-0.2, -0.15) is 11.8 Å². The van der Waals surface area contributed by atoms with Crippen molar-refractivity contribution in [2.75, 3.05) is 37.7 Å². The van der Waals surface area contributed by atoms with E-state index in [4.69, 9.17) is 0 Å². The molecule has 0 aromatic carbocycles. The molecule has 1 N–H and O–H groups in total. The van der Waals surface area contributed by atoms with Crippen molar-refractivity contribution < 1.29 is 0 Å². The van der Waals surface area contributed by atoms with E-state index in [9.17, 15) is 0 Å². The van der Waals surface area contributed by atoms with Crippen molar-refractivity contribution in [2.45, 2.75) is 39.7 Å². The summed E-state index contributed by atoms with van der Waals surface area (Å²) in [5, 5.41) is 3.61. The van der Waals surface area contributed by atoms with Crippen LogP contribution in [0.1, 0.15) is 33.6 Å². The number of nitrogens with one attached hydrogen (secondary N) is 1. The van der Waals surface area contributed by atoms with Crippen LogP contribution in [-0.4, -0.2) is 48.6 Å². The number of nitrogens with zero attached hydrogens (tertiary/aromatic N) is 1. The first-order valence-corrected chi connectivity index (χ1v) is 7.92. The van der Waals surface area contributed by atoms with Gasteiger partial charge in [0.2, 0.25) is 0 Å². The molecule has 2 nitrogen and oxygen atoms in total. The van der Waals surface area contributed by atoms with Gasteiger partial charge < -0.3 is 5.32 Å². The average molecular weight is 244 g/mol. The maximum absolute atomic E-state index is 3.61. The smallest absolute Gasteiger partial charge is 0.0218 e. The maximum Gasteiger partial charge on any atom is 0.0218 e. The van der Waals surface area contributed by atoms with Crippen molar-refractivity contribution in [3.63, 3.8) is 0 Å². The minimum Gasteiger partial charge on any atom is -0.315 e. The van der Waals surface area contributed by atoms with Crippen LogP contribution in [0.4, 0.5) is 0 Å². The topological polar surface area (TPSA) is 15.3 Å². The molecule has 0 aliphatic carbocycles. The van der Waals surface area contributed by atoms with Gasteiger partial charge in [0.05, 0.1) is 0 Å². The van der Waals surface area contributed by atoms with E-state index in [0.717, 1.165) is 18.5 Å². The van der Waals surface area contributed by atoms with E-state index in [1.165, 1.54) is 44.0 Å². The molecule has 1 heterocycles. The van der Waals surface area contributed by atoms with E-state index in [0.29, 0.717) is 0 Å². The Labute approximate surface area is 106 Å². The van der Waals surface area contributed by atoms with Crippen LogP contribution in [0.5, 0.6) is 0 Å². The summed E-state index contributed by atoms with van der Waals surface area (Å²) in [4.78, 5) is 2.69. The van der Waals surface area contributed by atoms with Gasteiger partial charge in [0.1, 0.15) is 0 Å². The Morgan fingerprint density at radius 2 is 2.00 bits per heavy atom. The highest BCUT2D eigenvalue weighted by Crippen LogP contribution is 2.13. The molecule has 0 bridgehead atoms. The fourth-order valence-corrected chi connectivity index (χ4v) is 3.10. The minimum absolute atomic E-state index is 0.748. The normalized spacial score (nSPS) is 21.0. The summed E-state index contributed by atoms with van der Waals surface area (Å²) < 4.78 is 0. The molecular weight excluding hydrogens is 216 g/mol. The molecule has 16 heavy (non-hydrogen) atoms. The van der Waals surface area contributed by atoms with Crippen molar-refractivity contribution in [2.24, 2.45) is 5.92 Å². The van der Waals surface area contributed by atoms with Gasteiger partial charge in [-0.15, -0.1) is 0 Å². The molecule has 1 unspecified atom stereocenters. The highest BCUT2D eigenvalue weighted by Gasteiger charge is 2.17. The molecule has 0 spiro atoms. The van der Waals surface area contributed by atoms with Crippen LogP contribution in [0, 0.1) is 5.92 Å². The Bertz CT molecular complexity index is 165. The lowest BCUT2D eigenvalue weighted by Crippen LogP contribution is -2.43. The van der Waals surface area contributed by atoms with Gasteiger partial charge in [0, 0.05) is 24.9 Å². The lowest BCUT2D eigenvalue weighted by Gasteiger charge is -2.30. The van der Waals surface area contributed by atoms with Crippen molar-refractivity contribution in [1.29, 1.82) is 0 Å². The van der Waals surface area contributed by atoms with Gasteiger partial charge >= 0.3 is 0 Å². The standard InChI is InChI=1S/C13H28N2S/c1-4-13(11-14-10-12(2)3)15-6-5-8-16-9-7-15/h12-14H,4-11H2,1-3H3. The summed E-state index contributed by atoms with van der Waals surface area (Å²) in [7, 11) is 0. The minimum atomic E-state index is 0.748. The van der Waals surface area contributed by atoms with E-state index < -0.39 is 0 Å². The summed E-state index contributed by atoms with van der Waals surface area (Å²) >= 11 is 2.11. The first-order chi connectivity index (χ1) is 7.74. The largest absolute Gasteiger partial charge is 0.315 e. The molecule has 1 saturated heterocycles. The molecule has 0 amide bonds. The van der Waals surface area contributed by atoms with E-state index in [1.807, 2.05) is 0 Å². The Hall–Kier alpha value is 0.270. The van der Waals surface area contributed by atoms with Gasteiger partial charge in [-0.1, -0.05) is 20.8 Å². The van der Waals surface area contributed by atoms with Crippen molar-refractivity contribution in [1.82, 2.24) is 10.2 Å². The zero-order chi connectivity index (χ0) is 11.8. The van der Waals surface area contributed by atoms with E-state index in [1.54, 1.807) is 0 Å². The summed E-state index contributed by atoms with van der Waals surface area (Å²) in [5.41, 5.74) is 0. The zero-order valence-corrected chi connectivity index (χ0v) is 12.0. The number of hydrogen-bond donors (Lipinski definition) is 1. The van der Waals surface area contributed by atoms with Crippen LogP contribution in [0.3, 0.4) is 0 Å². The number of thioether (sulfide) groups is 1. The Kier molecular flexibility index (Phi) is 7.50. The second-order valence-corrected chi connectivity index (χ2v) is 6.34. The fraction of sp³-hybridized carbons (Fsp3) is 1.00. The second-order valence-electron chi connectivity index (χ2n) is 5.12. The third-order valence-electron chi connectivity index (χ3n) is 3.18. The summed E-state index contributed by atoms with van der Waals surface area (Å²) in [6.07, 6.45) is 2.64. The maximum atomic E-state index is 3.61. The van der Waals surface area contributed by atoms with Crippen molar-refractivity contribution in [3.8, 4) is 0 Å². The lowest BCUT2D eigenvalue weighted by atomic mass is 10.1.